The van der Waals surface area contributed by atoms with Crippen LogP contribution in [-0.4, -0.2) is 20.9 Å². The van der Waals surface area contributed by atoms with Gasteiger partial charge < -0.3 is 5.11 Å². The number of hydrogen-bond acceptors (Lipinski definition) is 3. The minimum Gasteiger partial charge on any atom is -0.476 e. The van der Waals surface area contributed by atoms with Crippen LogP contribution in [0.25, 0.3) is 5.69 Å². The van der Waals surface area contributed by atoms with Crippen LogP contribution in [0.1, 0.15) is 23.0 Å². The van der Waals surface area contributed by atoms with E-state index in [-0.39, 0.29) is 0 Å². The highest BCUT2D eigenvalue weighted by atomic mass is 127. The van der Waals surface area contributed by atoms with Crippen LogP contribution in [0.2, 0.25) is 5.02 Å². The molecule has 0 saturated carbocycles. The second-order valence-electron chi connectivity index (χ2n) is 4.03. The third kappa shape index (κ3) is 2.85. The SMILES string of the molecule is CCc1cn(-c2ccc(I)cc2Cl)nc(C(=O)O)c1=O. The summed E-state index contributed by atoms with van der Waals surface area (Å²) in [6.07, 6.45) is 1.94. The Morgan fingerprint density at radius 3 is 2.75 bits per heavy atom. The Balaban J connectivity index is 2.71. The smallest absolute Gasteiger partial charge is 0.360 e. The van der Waals surface area contributed by atoms with E-state index in [4.69, 9.17) is 16.7 Å². The number of aromatic nitrogens is 2. The Bertz CT molecular complexity index is 743. The van der Waals surface area contributed by atoms with Crippen LogP contribution in [0.5, 0.6) is 0 Å². The van der Waals surface area contributed by atoms with E-state index in [0.29, 0.717) is 22.7 Å². The lowest BCUT2D eigenvalue weighted by Crippen LogP contribution is -2.24. The molecule has 1 aromatic carbocycles. The minimum atomic E-state index is -1.35. The zero-order chi connectivity index (χ0) is 14.9. The van der Waals surface area contributed by atoms with Crippen LogP contribution >= 0.6 is 34.2 Å². The van der Waals surface area contributed by atoms with Crippen molar-refractivity contribution in [2.75, 3.05) is 0 Å². The molecule has 0 unspecified atom stereocenters. The first-order chi connectivity index (χ1) is 9.43. The summed E-state index contributed by atoms with van der Waals surface area (Å²) in [5.74, 6) is -1.35. The topological polar surface area (TPSA) is 72.2 Å². The standard InChI is InChI=1S/C13H10ClIN2O3/c1-2-7-6-17(16-11(12(7)18)13(19)20)10-4-3-8(15)5-9(10)14/h3-6H,2H2,1H3,(H,19,20). The zero-order valence-electron chi connectivity index (χ0n) is 10.4. The molecule has 0 bridgehead atoms. The monoisotopic (exact) mass is 404 g/mol. The number of carboxylic acids is 1. The summed E-state index contributed by atoms with van der Waals surface area (Å²) in [6, 6.07) is 5.30. The van der Waals surface area contributed by atoms with E-state index < -0.39 is 17.1 Å². The molecule has 0 saturated heterocycles. The van der Waals surface area contributed by atoms with Crippen molar-refractivity contribution in [3.8, 4) is 5.69 Å². The third-order valence-electron chi connectivity index (χ3n) is 2.73. The van der Waals surface area contributed by atoms with Crippen LogP contribution < -0.4 is 5.43 Å². The van der Waals surface area contributed by atoms with Crippen molar-refractivity contribution in [3.63, 3.8) is 0 Å². The van der Waals surface area contributed by atoms with E-state index in [9.17, 15) is 9.59 Å². The molecule has 2 aromatic rings. The molecule has 2 rings (SSSR count). The van der Waals surface area contributed by atoms with Crippen molar-refractivity contribution in [1.29, 1.82) is 0 Å². The van der Waals surface area contributed by atoms with Gasteiger partial charge in [-0.3, -0.25) is 4.79 Å². The first-order valence-electron chi connectivity index (χ1n) is 5.75. The molecule has 7 heteroatoms. The molecule has 0 amide bonds. The zero-order valence-corrected chi connectivity index (χ0v) is 13.3. The molecule has 0 aliphatic rings. The molecule has 0 aliphatic heterocycles. The summed E-state index contributed by atoms with van der Waals surface area (Å²) >= 11 is 8.26. The van der Waals surface area contributed by atoms with Gasteiger partial charge in [-0.15, -0.1) is 0 Å². The van der Waals surface area contributed by atoms with Gasteiger partial charge in [0.25, 0.3) is 0 Å². The lowest BCUT2D eigenvalue weighted by Gasteiger charge is -2.10. The van der Waals surface area contributed by atoms with E-state index in [1.165, 1.54) is 10.9 Å². The van der Waals surface area contributed by atoms with Crippen LogP contribution in [0.4, 0.5) is 0 Å². The fourth-order valence-corrected chi connectivity index (χ4v) is 2.66. The van der Waals surface area contributed by atoms with Crippen LogP contribution in [0.15, 0.2) is 29.2 Å². The van der Waals surface area contributed by atoms with Crippen molar-refractivity contribution >= 4 is 40.2 Å². The summed E-state index contributed by atoms with van der Waals surface area (Å²) in [6.45, 7) is 1.78. The second-order valence-corrected chi connectivity index (χ2v) is 5.68. The number of carboxylic acid groups (broad SMARTS) is 1. The van der Waals surface area contributed by atoms with Gasteiger partial charge in [-0.1, -0.05) is 18.5 Å². The molecule has 0 radical (unpaired) electrons. The van der Waals surface area contributed by atoms with Gasteiger partial charge in [0.1, 0.15) is 0 Å². The van der Waals surface area contributed by atoms with Crippen molar-refractivity contribution in [3.05, 3.63) is 54.5 Å². The molecule has 20 heavy (non-hydrogen) atoms. The summed E-state index contributed by atoms with van der Waals surface area (Å²) in [5, 5.41) is 13.4. The van der Waals surface area contributed by atoms with Gasteiger partial charge >= 0.3 is 5.97 Å². The van der Waals surface area contributed by atoms with E-state index >= 15 is 0 Å². The average Bonchev–Trinajstić information content (AvgIpc) is 2.39. The summed E-state index contributed by atoms with van der Waals surface area (Å²) < 4.78 is 2.29. The molecule has 1 aromatic heterocycles. The lowest BCUT2D eigenvalue weighted by molar-refractivity contribution is 0.0686. The second kappa shape index (κ2) is 5.92. The first kappa shape index (κ1) is 15.0. The van der Waals surface area contributed by atoms with E-state index in [1.807, 2.05) is 6.07 Å². The van der Waals surface area contributed by atoms with Gasteiger partial charge in [0.15, 0.2) is 0 Å². The van der Waals surface area contributed by atoms with Gasteiger partial charge in [-0.05, 0) is 47.2 Å². The number of aryl methyl sites for hydroxylation is 1. The molecular formula is C13H10ClIN2O3. The van der Waals surface area contributed by atoms with Crippen LogP contribution in [0.3, 0.4) is 0 Å². The highest BCUT2D eigenvalue weighted by Gasteiger charge is 2.16. The average molecular weight is 405 g/mol. The Morgan fingerprint density at radius 1 is 1.50 bits per heavy atom. The Kier molecular flexibility index (Phi) is 4.44. The molecule has 0 fully saturated rings. The first-order valence-corrected chi connectivity index (χ1v) is 7.21. The van der Waals surface area contributed by atoms with Gasteiger partial charge in [0.2, 0.25) is 11.1 Å². The van der Waals surface area contributed by atoms with Crippen molar-refractivity contribution < 1.29 is 9.90 Å². The summed E-state index contributed by atoms with van der Waals surface area (Å²) in [5.41, 5.74) is -0.145. The molecule has 0 atom stereocenters. The van der Waals surface area contributed by atoms with Crippen molar-refractivity contribution in [2.45, 2.75) is 13.3 Å². The van der Waals surface area contributed by atoms with Gasteiger partial charge in [-0.25, -0.2) is 9.48 Å². The van der Waals surface area contributed by atoms with Gasteiger partial charge in [0, 0.05) is 15.3 Å². The van der Waals surface area contributed by atoms with Crippen molar-refractivity contribution in [1.82, 2.24) is 9.78 Å². The fourth-order valence-electron chi connectivity index (χ4n) is 1.72. The predicted molar refractivity (Wildman–Crippen MR) is 83.9 cm³/mol. The summed E-state index contributed by atoms with van der Waals surface area (Å²) in [4.78, 5) is 23.0. The number of carbonyl (C=O) groups is 1. The minimum absolute atomic E-state index is 0.381. The van der Waals surface area contributed by atoms with E-state index in [1.54, 1.807) is 19.1 Å². The molecular weight excluding hydrogens is 395 g/mol. The van der Waals surface area contributed by atoms with Gasteiger partial charge in [0.05, 0.1) is 10.7 Å². The summed E-state index contributed by atoms with van der Waals surface area (Å²) in [7, 11) is 0. The number of rotatable bonds is 3. The number of halogens is 2. The van der Waals surface area contributed by atoms with Gasteiger partial charge in [-0.2, -0.15) is 5.10 Å². The quantitative estimate of drug-likeness (QED) is 0.799. The molecule has 5 nitrogen and oxygen atoms in total. The Morgan fingerprint density at radius 2 is 2.20 bits per heavy atom. The van der Waals surface area contributed by atoms with Crippen LogP contribution in [0, 0.1) is 3.57 Å². The highest BCUT2D eigenvalue weighted by Crippen LogP contribution is 2.22. The number of aromatic carboxylic acids is 1. The number of benzene rings is 1. The molecule has 1 heterocycles. The molecule has 104 valence electrons. The van der Waals surface area contributed by atoms with Crippen molar-refractivity contribution in [2.24, 2.45) is 0 Å². The normalized spacial score (nSPS) is 10.6. The number of nitrogens with zero attached hydrogens (tertiary/aromatic N) is 2. The van der Waals surface area contributed by atoms with Crippen LogP contribution in [-0.2, 0) is 6.42 Å². The molecule has 1 N–H and O–H groups in total. The molecule has 0 spiro atoms. The number of hydrogen-bond donors (Lipinski definition) is 1. The third-order valence-corrected chi connectivity index (χ3v) is 3.71. The Labute approximate surface area is 133 Å². The molecule has 0 aliphatic carbocycles. The maximum absolute atomic E-state index is 11.9. The fraction of sp³-hybridized carbons (Fsp3) is 0.154. The predicted octanol–water partition coefficient (Wildman–Crippen LogP) is 2.75. The van der Waals surface area contributed by atoms with E-state index in [0.717, 1.165) is 3.57 Å². The largest absolute Gasteiger partial charge is 0.476 e. The maximum Gasteiger partial charge on any atom is 0.360 e. The van der Waals surface area contributed by atoms with E-state index in [2.05, 4.69) is 27.7 Å². The maximum atomic E-state index is 11.9. The Hall–Kier alpha value is -1.41. The highest BCUT2D eigenvalue weighted by molar-refractivity contribution is 14.1. The lowest BCUT2D eigenvalue weighted by atomic mass is 10.2.